The number of hydrogen-bond donors (Lipinski definition) is 2. The first-order valence-electron chi connectivity index (χ1n) is 8.30. The maximum atomic E-state index is 12.7. The van der Waals surface area contributed by atoms with Crippen molar-refractivity contribution in [3.63, 3.8) is 0 Å². The summed E-state index contributed by atoms with van der Waals surface area (Å²) in [5, 5.41) is 11.4. The number of fused-ring (bicyclic) bond motifs is 1. The van der Waals surface area contributed by atoms with Gasteiger partial charge in [0.2, 0.25) is 10.0 Å². The van der Waals surface area contributed by atoms with E-state index >= 15 is 0 Å². The molecular formula is C19H22N2O5S. The van der Waals surface area contributed by atoms with Crippen molar-refractivity contribution in [1.82, 2.24) is 9.29 Å². The molecule has 27 heavy (non-hydrogen) atoms. The highest BCUT2D eigenvalue weighted by molar-refractivity contribution is 7.89. The van der Waals surface area contributed by atoms with Crippen LogP contribution in [0.1, 0.15) is 11.7 Å². The van der Waals surface area contributed by atoms with E-state index in [1.165, 1.54) is 26.4 Å². The van der Waals surface area contributed by atoms with E-state index in [0.717, 1.165) is 10.9 Å². The van der Waals surface area contributed by atoms with Gasteiger partial charge in [-0.15, -0.1) is 0 Å². The van der Waals surface area contributed by atoms with Gasteiger partial charge in [0, 0.05) is 31.4 Å². The third-order valence-corrected chi connectivity index (χ3v) is 5.87. The number of benzene rings is 2. The predicted octanol–water partition coefficient (Wildman–Crippen LogP) is 2.21. The van der Waals surface area contributed by atoms with Gasteiger partial charge in [-0.25, -0.2) is 13.1 Å². The highest BCUT2D eigenvalue weighted by Gasteiger charge is 2.22. The highest BCUT2D eigenvalue weighted by Crippen LogP contribution is 2.28. The van der Waals surface area contributed by atoms with Gasteiger partial charge in [-0.2, -0.15) is 0 Å². The molecule has 0 fully saturated rings. The van der Waals surface area contributed by atoms with Crippen LogP contribution in [0.2, 0.25) is 0 Å². The number of ether oxygens (including phenoxy) is 2. The molecule has 1 unspecified atom stereocenters. The van der Waals surface area contributed by atoms with Crippen molar-refractivity contribution in [1.29, 1.82) is 0 Å². The molecule has 0 saturated heterocycles. The number of aliphatic hydroxyl groups is 1. The largest absolute Gasteiger partial charge is 0.497 e. The summed E-state index contributed by atoms with van der Waals surface area (Å²) >= 11 is 0. The molecule has 0 radical (unpaired) electrons. The molecule has 0 amide bonds. The third kappa shape index (κ3) is 3.92. The van der Waals surface area contributed by atoms with Crippen molar-refractivity contribution in [2.24, 2.45) is 7.05 Å². The van der Waals surface area contributed by atoms with Gasteiger partial charge in [0.1, 0.15) is 16.4 Å². The van der Waals surface area contributed by atoms with E-state index in [9.17, 15) is 13.5 Å². The fraction of sp³-hybridized carbons (Fsp3) is 0.263. The fourth-order valence-corrected chi connectivity index (χ4v) is 4.11. The Bertz CT molecular complexity index is 1060. The van der Waals surface area contributed by atoms with Gasteiger partial charge >= 0.3 is 0 Å². The van der Waals surface area contributed by atoms with Gasteiger partial charge in [-0.1, -0.05) is 6.07 Å². The molecule has 0 saturated carbocycles. The Morgan fingerprint density at radius 3 is 2.59 bits per heavy atom. The summed E-state index contributed by atoms with van der Waals surface area (Å²) in [5.41, 5.74) is 1.67. The number of nitrogens with one attached hydrogen (secondary N) is 1. The zero-order valence-corrected chi connectivity index (χ0v) is 16.2. The lowest BCUT2D eigenvalue weighted by molar-refractivity contribution is 0.182. The smallest absolute Gasteiger partial charge is 0.244 e. The maximum Gasteiger partial charge on any atom is 0.244 e. The number of nitrogens with zero attached hydrogens (tertiary/aromatic N) is 1. The summed E-state index contributed by atoms with van der Waals surface area (Å²) in [5.74, 6) is 0.592. The molecule has 1 atom stereocenters. The number of sulfonamides is 1. The van der Waals surface area contributed by atoms with Crippen molar-refractivity contribution in [2.75, 3.05) is 20.8 Å². The number of methoxy groups -OCH3 is 2. The van der Waals surface area contributed by atoms with Crippen LogP contribution >= 0.6 is 0 Å². The molecule has 2 aromatic carbocycles. The van der Waals surface area contributed by atoms with Crippen LogP contribution in [0.4, 0.5) is 0 Å². The lowest BCUT2D eigenvalue weighted by Gasteiger charge is -2.15. The zero-order chi connectivity index (χ0) is 19.6. The highest BCUT2D eigenvalue weighted by atomic mass is 32.2. The Hall–Kier alpha value is -2.55. The minimum absolute atomic E-state index is 0.0462. The van der Waals surface area contributed by atoms with Crippen LogP contribution in [0.5, 0.6) is 11.5 Å². The van der Waals surface area contributed by atoms with Crippen LogP contribution in [0.3, 0.4) is 0 Å². The third-order valence-electron chi connectivity index (χ3n) is 4.42. The van der Waals surface area contributed by atoms with Crippen molar-refractivity contribution in [2.45, 2.75) is 11.0 Å². The first-order valence-corrected chi connectivity index (χ1v) is 9.79. The van der Waals surface area contributed by atoms with Crippen LogP contribution < -0.4 is 14.2 Å². The normalized spacial score (nSPS) is 12.9. The first-order chi connectivity index (χ1) is 12.9. The minimum Gasteiger partial charge on any atom is -0.497 e. The summed E-state index contributed by atoms with van der Waals surface area (Å²) < 4.78 is 40.0. The predicted molar refractivity (Wildman–Crippen MR) is 103 cm³/mol. The van der Waals surface area contributed by atoms with E-state index in [1.807, 2.05) is 36.0 Å². The van der Waals surface area contributed by atoms with E-state index in [0.29, 0.717) is 11.3 Å². The van der Waals surface area contributed by atoms with Crippen molar-refractivity contribution in [3.8, 4) is 11.5 Å². The fourth-order valence-electron chi connectivity index (χ4n) is 2.89. The zero-order valence-electron chi connectivity index (χ0n) is 15.3. The van der Waals surface area contributed by atoms with Gasteiger partial charge in [0.25, 0.3) is 0 Å². The molecule has 0 spiro atoms. The molecule has 0 aliphatic carbocycles. The minimum atomic E-state index is -3.90. The van der Waals surface area contributed by atoms with Gasteiger partial charge in [-0.05, 0) is 41.3 Å². The second-order valence-electron chi connectivity index (χ2n) is 6.13. The van der Waals surface area contributed by atoms with Gasteiger partial charge in [0.15, 0.2) is 0 Å². The Balaban J connectivity index is 1.79. The Morgan fingerprint density at radius 2 is 1.89 bits per heavy atom. The molecule has 0 aliphatic heterocycles. The number of rotatable bonds is 7. The average Bonchev–Trinajstić information content (AvgIpc) is 3.05. The van der Waals surface area contributed by atoms with Crippen molar-refractivity contribution >= 4 is 20.9 Å². The number of aromatic nitrogens is 1. The molecule has 1 aromatic heterocycles. The standard InChI is InChI=1S/C19H22N2O5S/c1-21-9-8-13-10-14(4-6-16(13)21)17(22)12-20-27(23,24)19-11-15(25-2)5-7-18(19)26-3/h4-11,17,20,22H,12H2,1-3H3. The lowest BCUT2D eigenvalue weighted by atomic mass is 10.1. The maximum absolute atomic E-state index is 12.7. The molecule has 144 valence electrons. The Kier molecular flexibility index (Phi) is 5.41. The Morgan fingerprint density at radius 1 is 1.11 bits per heavy atom. The molecule has 0 bridgehead atoms. The van der Waals surface area contributed by atoms with E-state index in [2.05, 4.69) is 4.72 Å². The molecular weight excluding hydrogens is 368 g/mol. The molecule has 1 heterocycles. The van der Waals surface area contributed by atoms with Crippen molar-refractivity contribution < 1.29 is 23.0 Å². The van der Waals surface area contributed by atoms with Crippen LogP contribution in [-0.4, -0.2) is 38.9 Å². The molecule has 3 aromatic rings. The van der Waals surface area contributed by atoms with Gasteiger partial charge in [0.05, 0.1) is 20.3 Å². The molecule has 0 aliphatic rings. The van der Waals surface area contributed by atoms with Gasteiger partial charge in [-0.3, -0.25) is 0 Å². The van der Waals surface area contributed by atoms with E-state index in [4.69, 9.17) is 9.47 Å². The summed E-state index contributed by atoms with van der Waals surface area (Å²) in [7, 11) is 0.889. The molecule has 3 rings (SSSR count). The van der Waals surface area contributed by atoms with Crippen LogP contribution in [0.15, 0.2) is 53.6 Å². The van der Waals surface area contributed by atoms with Crippen LogP contribution in [0, 0.1) is 0 Å². The molecule has 7 nitrogen and oxygen atoms in total. The monoisotopic (exact) mass is 390 g/mol. The van der Waals surface area contributed by atoms with Gasteiger partial charge < -0.3 is 19.1 Å². The van der Waals surface area contributed by atoms with E-state index < -0.39 is 16.1 Å². The first kappa shape index (κ1) is 19.2. The summed E-state index contributed by atoms with van der Waals surface area (Å²) in [6.07, 6.45) is 0.944. The topological polar surface area (TPSA) is 89.8 Å². The summed E-state index contributed by atoms with van der Waals surface area (Å²) in [6.45, 7) is -0.166. The lowest BCUT2D eigenvalue weighted by Crippen LogP contribution is -2.29. The van der Waals surface area contributed by atoms with Crippen molar-refractivity contribution in [3.05, 3.63) is 54.2 Å². The summed E-state index contributed by atoms with van der Waals surface area (Å²) in [6, 6.07) is 12.0. The van der Waals surface area contributed by atoms with Crippen LogP contribution in [0.25, 0.3) is 10.9 Å². The second kappa shape index (κ2) is 7.59. The second-order valence-corrected chi connectivity index (χ2v) is 7.86. The molecule has 2 N–H and O–H groups in total. The number of aliphatic hydroxyl groups excluding tert-OH is 1. The average molecular weight is 390 g/mol. The quantitative estimate of drug-likeness (QED) is 0.646. The SMILES string of the molecule is COc1ccc(OC)c(S(=O)(=O)NCC(O)c2ccc3c(ccn3C)c2)c1. The molecule has 8 heteroatoms. The van der Waals surface area contributed by atoms with Crippen LogP contribution in [-0.2, 0) is 17.1 Å². The van der Waals surface area contributed by atoms with E-state index in [-0.39, 0.29) is 17.2 Å². The Labute approximate surface area is 158 Å². The number of hydrogen-bond acceptors (Lipinski definition) is 5. The summed E-state index contributed by atoms with van der Waals surface area (Å²) in [4.78, 5) is -0.0462. The van der Waals surface area contributed by atoms with E-state index in [1.54, 1.807) is 12.1 Å². The number of aryl methyl sites for hydroxylation is 1.